The van der Waals surface area contributed by atoms with Crippen LogP contribution < -0.4 is 10.2 Å². The zero-order valence-electron chi connectivity index (χ0n) is 14.0. The molecule has 0 fully saturated rings. The van der Waals surface area contributed by atoms with Gasteiger partial charge in [-0.2, -0.15) is 0 Å². The van der Waals surface area contributed by atoms with Gasteiger partial charge in [-0.05, 0) is 41.5 Å². The first-order chi connectivity index (χ1) is 12.2. The largest absolute Gasteiger partial charge is 0.350 e. The number of carbonyl (C=O) groups excluding carboxylic acids is 2. The Morgan fingerprint density at radius 3 is 2.54 bits per heavy atom. The number of fused-ring (bicyclic) bond motifs is 1. The molecule has 2 amide bonds. The fraction of sp³-hybridized carbons (Fsp3) is 0.222. The summed E-state index contributed by atoms with van der Waals surface area (Å²) in [6, 6.07) is 11.5. The monoisotopic (exact) mass is 392 g/mol. The van der Waals surface area contributed by atoms with Gasteiger partial charge in [0.05, 0.1) is 11.3 Å². The van der Waals surface area contributed by atoms with E-state index in [9.17, 15) is 18.0 Å². The van der Waals surface area contributed by atoms with Crippen LogP contribution in [0.25, 0.3) is 0 Å². The Hall–Kier alpha value is -2.38. The summed E-state index contributed by atoms with van der Waals surface area (Å²) in [6.07, 6.45) is 1.37. The smallest absolute Gasteiger partial charge is 0.240 e. The van der Waals surface area contributed by atoms with E-state index < -0.39 is 9.84 Å². The number of sulfone groups is 1. The minimum Gasteiger partial charge on any atom is -0.350 e. The molecule has 0 radical (unpaired) electrons. The second-order valence-corrected chi connectivity index (χ2v) is 8.57. The average Bonchev–Trinajstić information content (AvgIpc) is 2.87. The molecule has 2 aromatic rings. The van der Waals surface area contributed by atoms with Gasteiger partial charge in [-0.25, -0.2) is 8.42 Å². The maximum Gasteiger partial charge on any atom is 0.240 e. The molecule has 0 saturated heterocycles. The molecule has 8 heteroatoms. The van der Waals surface area contributed by atoms with Gasteiger partial charge in [0.1, 0.15) is 6.54 Å². The summed E-state index contributed by atoms with van der Waals surface area (Å²) in [5, 5.41) is 3.29. The topological polar surface area (TPSA) is 83.6 Å². The third kappa shape index (κ3) is 4.05. The van der Waals surface area contributed by atoms with Crippen molar-refractivity contribution in [1.29, 1.82) is 0 Å². The van der Waals surface area contributed by atoms with Crippen LogP contribution in [0.1, 0.15) is 11.1 Å². The third-order valence-electron chi connectivity index (χ3n) is 4.12. The van der Waals surface area contributed by atoms with Crippen LogP contribution in [-0.4, -0.2) is 33.0 Å². The number of benzene rings is 2. The number of amides is 2. The second kappa shape index (κ2) is 7.09. The van der Waals surface area contributed by atoms with Gasteiger partial charge in [0.15, 0.2) is 9.84 Å². The molecule has 1 N–H and O–H groups in total. The molecule has 0 bridgehead atoms. The van der Waals surface area contributed by atoms with E-state index in [2.05, 4.69) is 5.32 Å². The Balaban J connectivity index is 1.61. The van der Waals surface area contributed by atoms with E-state index in [1.54, 1.807) is 30.3 Å². The van der Waals surface area contributed by atoms with E-state index in [0.717, 1.165) is 17.4 Å². The molecule has 0 saturated carbocycles. The fourth-order valence-corrected chi connectivity index (χ4v) is 3.60. The zero-order valence-corrected chi connectivity index (χ0v) is 15.6. The van der Waals surface area contributed by atoms with Crippen molar-refractivity contribution >= 4 is 38.9 Å². The highest BCUT2D eigenvalue weighted by Crippen LogP contribution is 2.30. The number of rotatable bonds is 5. The number of halogens is 1. The average molecular weight is 393 g/mol. The van der Waals surface area contributed by atoms with Gasteiger partial charge in [-0.1, -0.05) is 23.7 Å². The zero-order chi connectivity index (χ0) is 18.9. The number of nitrogens with zero attached hydrogens (tertiary/aromatic N) is 1. The van der Waals surface area contributed by atoms with Crippen LogP contribution in [0.15, 0.2) is 47.4 Å². The Bertz CT molecular complexity index is 971. The maximum absolute atomic E-state index is 12.2. The highest BCUT2D eigenvalue weighted by Gasteiger charge is 2.28. The van der Waals surface area contributed by atoms with E-state index in [0.29, 0.717) is 10.7 Å². The summed E-state index contributed by atoms with van der Waals surface area (Å²) in [4.78, 5) is 26.0. The predicted molar refractivity (Wildman–Crippen MR) is 98.9 cm³/mol. The molecule has 0 aliphatic carbocycles. The van der Waals surface area contributed by atoms with E-state index in [4.69, 9.17) is 11.6 Å². The molecule has 2 aromatic carbocycles. The van der Waals surface area contributed by atoms with Crippen molar-refractivity contribution in [2.45, 2.75) is 17.9 Å². The first-order valence-electron chi connectivity index (χ1n) is 7.88. The van der Waals surface area contributed by atoms with E-state index in [1.165, 1.54) is 17.0 Å². The van der Waals surface area contributed by atoms with Crippen LogP contribution >= 0.6 is 11.6 Å². The highest BCUT2D eigenvalue weighted by atomic mass is 35.5. The van der Waals surface area contributed by atoms with E-state index in [1.807, 2.05) is 0 Å². The minimum absolute atomic E-state index is 0.0745. The Morgan fingerprint density at radius 2 is 1.88 bits per heavy atom. The third-order valence-corrected chi connectivity index (χ3v) is 5.48. The number of nitrogens with one attached hydrogen (secondary N) is 1. The second-order valence-electron chi connectivity index (χ2n) is 6.12. The van der Waals surface area contributed by atoms with Gasteiger partial charge in [0.25, 0.3) is 0 Å². The molecular weight excluding hydrogens is 376 g/mol. The molecule has 0 aromatic heterocycles. The van der Waals surface area contributed by atoms with Gasteiger partial charge in [0.2, 0.25) is 11.8 Å². The number of hydrogen-bond acceptors (Lipinski definition) is 4. The van der Waals surface area contributed by atoms with Gasteiger partial charge >= 0.3 is 0 Å². The molecule has 1 aliphatic rings. The lowest BCUT2D eigenvalue weighted by molar-refractivity contribution is -0.123. The quantitative estimate of drug-likeness (QED) is 0.842. The van der Waals surface area contributed by atoms with Crippen molar-refractivity contribution in [3.05, 3.63) is 58.6 Å². The molecule has 0 atom stereocenters. The molecule has 1 aliphatic heterocycles. The van der Waals surface area contributed by atoms with Gasteiger partial charge in [0, 0.05) is 23.5 Å². The minimum atomic E-state index is -3.25. The Labute approximate surface area is 156 Å². The molecule has 6 nitrogen and oxygen atoms in total. The summed E-state index contributed by atoms with van der Waals surface area (Å²) in [7, 11) is -3.25. The van der Waals surface area contributed by atoms with Crippen molar-refractivity contribution in [3.63, 3.8) is 0 Å². The van der Waals surface area contributed by atoms with Gasteiger partial charge in [-0.3, -0.25) is 9.59 Å². The Kier molecular flexibility index (Phi) is 5.02. The highest BCUT2D eigenvalue weighted by molar-refractivity contribution is 7.90. The molecule has 136 valence electrons. The van der Waals surface area contributed by atoms with Crippen LogP contribution in [-0.2, 0) is 32.4 Å². The molecule has 0 spiro atoms. The lowest BCUT2D eigenvalue weighted by Gasteiger charge is -2.17. The maximum atomic E-state index is 12.2. The summed E-state index contributed by atoms with van der Waals surface area (Å²) in [5.41, 5.74) is 2.28. The number of hydrogen-bond donors (Lipinski definition) is 1. The van der Waals surface area contributed by atoms with Crippen LogP contribution in [0.5, 0.6) is 0 Å². The van der Waals surface area contributed by atoms with Crippen LogP contribution in [0, 0.1) is 0 Å². The fourth-order valence-electron chi connectivity index (χ4n) is 2.78. The lowest BCUT2D eigenvalue weighted by Crippen LogP contribution is -2.38. The first-order valence-corrected chi connectivity index (χ1v) is 10.2. The molecule has 0 unspecified atom stereocenters. The van der Waals surface area contributed by atoms with Crippen molar-refractivity contribution in [3.8, 4) is 0 Å². The molecule has 1 heterocycles. The summed E-state index contributed by atoms with van der Waals surface area (Å²) in [6.45, 7) is 0.174. The van der Waals surface area contributed by atoms with E-state index >= 15 is 0 Å². The Morgan fingerprint density at radius 1 is 1.19 bits per heavy atom. The van der Waals surface area contributed by atoms with Crippen molar-refractivity contribution < 1.29 is 18.0 Å². The van der Waals surface area contributed by atoms with Crippen LogP contribution in [0.4, 0.5) is 5.69 Å². The first kappa shape index (κ1) is 18.4. The predicted octanol–water partition coefficient (Wildman–Crippen LogP) is 1.95. The van der Waals surface area contributed by atoms with Crippen molar-refractivity contribution in [1.82, 2.24) is 5.32 Å². The normalized spacial score (nSPS) is 13.6. The summed E-state index contributed by atoms with van der Waals surface area (Å²) >= 11 is 5.93. The van der Waals surface area contributed by atoms with Crippen LogP contribution in [0.3, 0.4) is 0 Å². The van der Waals surface area contributed by atoms with Crippen molar-refractivity contribution in [2.75, 3.05) is 17.7 Å². The summed E-state index contributed by atoms with van der Waals surface area (Å²) < 4.78 is 22.9. The SMILES string of the molecule is CS(=O)(=O)c1ccc(CNC(=O)CN2C(=O)Cc3cc(Cl)ccc32)cc1. The number of carbonyl (C=O) groups is 2. The summed E-state index contributed by atoms with van der Waals surface area (Å²) in [5.74, 6) is -0.441. The van der Waals surface area contributed by atoms with E-state index in [-0.39, 0.29) is 36.2 Å². The van der Waals surface area contributed by atoms with Crippen LogP contribution in [0.2, 0.25) is 5.02 Å². The number of anilines is 1. The molecule has 26 heavy (non-hydrogen) atoms. The molecule has 3 rings (SSSR count). The standard InChI is InChI=1S/C18H17ClN2O4S/c1-26(24,25)15-5-2-12(3-6-15)10-20-17(22)11-21-16-7-4-14(19)8-13(16)9-18(21)23/h2-8H,9-11H2,1H3,(H,20,22). The van der Waals surface area contributed by atoms with Gasteiger partial charge < -0.3 is 10.2 Å². The molecular formula is C18H17ClN2O4S. The van der Waals surface area contributed by atoms with Gasteiger partial charge in [-0.15, -0.1) is 0 Å². The van der Waals surface area contributed by atoms with Crippen molar-refractivity contribution in [2.24, 2.45) is 0 Å². The lowest BCUT2D eigenvalue weighted by atomic mass is 10.2.